The van der Waals surface area contributed by atoms with Crippen LogP contribution in [0.25, 0.3) is 11.1 Å². The van der Waals surface area contributed by atoms with Crippen molar-refractivity contribution < 1.29 is 4.39 Å². The van der Waals surface area contributed by atoms with E-state index in [4.69, 9.17) is 5.73 Å². The largest absolute Gasteiger partial charge is 0.324 e. The normalized spacial score (nSPS) is 12.4. The molecule has 2 heteroatoms. The van der Waals surface area contributed by atoms with Crippen LogP contribution in [0, 0.1) is 12.7 Å². The van der Waals surface area contributed by atoms with Crippen LogP contribution in [-0.2, 0) is 0 Å². The van der Waals surface area contributed by atoms with Gasteiger partial charge in [0.2, 0.25) is 0 Å². The quantitative estimate of drug-likeness (QED) is 0.858. The van der Waals surface area contributed by atoms with Crippen LogP contribution in [0.3, 0.4) is 0 Å². The molecule has 2 N–H and O–H groups in total. The van der Waals surface area contributed by atoms with Crippen molar-refractivity contribution in [3.63, 3.8) is 0 Å². The number of aryl methyl sites for hydroxylation is 1. The van der Waals surface area contributed by atoms with E-state index in [2.05, 4.69) is 6.92 Å². The Morgan fingerprint density at radius 2 is 1.78 bits per heavy atom. The van der Waals surface area contributed by atoms with Gasteiger partial charge >= 0.3 is 0 Å². The molecule has 0 aliphatic carbocycles. The second-order valence-electron chi connectivity index (χ2n) is 4.60. The molecule has 1 unspecified atom stereocenters. The lowest BCUT2D eigenvalue weighted by atomic mass is 9.97. The van der Waals surface area contributed by atoms with Gasteiger partial charge in [-0.3, -0.25) is 0 Å². The fourth-order valence-corrected chi connectivity index (χ4v) is 2.05. The van der Waals surface area contributed by atoms with Crippen molar-refractivity contribution >= 4 is 0 Å². The fraction of sp³-hybridized carbons (Fsp3) is 0.250. The third kappa shape index (κ3) is 2.59. The van der Waals surface area contributed by atoms with Crippen molar-refractivity contribution in [3.8, 4) is 11.1 Å². The van der Waals surface area contributed by atoms with Crippen LogP contribution in [0.5, 0.6) is 0 Å². The molecule has 0 saturated heterocycles. The highest BCUT2D eigenvalue weighted by Crippen LogP contribution is 2.26. The first kappa shape index (κ1) is 12.8. The Morgan fingerprint density at radius 3 is 2.39 bits per heavy atom. The number of benzene rings is 2. The van der Waals surface area contributed by atoms with E-state index < -0.39 is 0 Å². The highest BCUT2D eigenvalue weighted by Gasteiger charge is 2.06. The lowest BCUT2D eigenvalue weighted by Gasteiger charge is -2.11. The zero-order chi connectivity index (χ0) is 13.1. The summed E-state index contributed by atoms with van der Waals surface area (Å²) in [4.78, 5) is 0. The van der Waals surface area contributed by atoms with E-state index in [0.717, 1.165) is 28.7 Å². The maximum atomic E-state index is 13.3. The predicted molar refractivity (Wildman–Crippen MR) is 73.8 cm³/mol. The molecule has 0 amide bonds. The second kappa shape index (κ2) is 5.32. The lowest BCUT2D eigenvalue weighted by Crippen LogP contribution is -2.08. The monoisotopic (exact) mass is 243 g/mol. The van der Waals surface area contributed by atoms with Crippen LogP contribution in [0.4, 0.5) is 4.39 Å². The molecule has 2 aromatic carbocycles. The van der Waals surface area contributed by atoms with Gasteiger partial charge in [0.05, 0.1) is 0 Å². The van der Waals surface area contributed by atoms with Crippen LogP contribution in [0.1, 0.15) is 30.5 Å². The average Bonchev–Trinajstić information content (AvgIpc) is 2.41. The van der Waals surface area contributed by atoms with E-state index in [1.54, 1.807) is 12.1 Å². The maximum absolute atomic E-state index is 13.3. The smallest absolute Gasteiger partial charge is 0.123 e. The summed E-state index contributed by atoms with van der Waals surface area (Å²) >= 11 is 0. The third-order valence-electron chi connectivity index (χ3n) is 3.29. The molecule has 1 nitrogen and oxygen atoms in total. The molecular weight excluding hydrogens is 225 g/mol. The van der Waals surface area contributed by atoms with Crippen LogP contribution in [0.15, 0.2) is 42.5 Å². The molecule has 0 fully saturated rings. The zero-order valence-electron chi connectivity index (χ0n) is 10.8. The molecule has 0 aliphatic heterocycles. The Balaban J connectivity index is 2.37. The predicted octanol–water partition coefficient (Wildman–Crippen LogP) is 4.21. The molecule has 1 atom stereocenters. The summed E-state index contributed by atoms with van der Waals surface area (Å²) in [7, 11) is 0. The number of hydrogen-bond donors (Lipinski definition) is 1. The minimum Gasteiger partial charge on any atom is -0.324 e. The average molecular weight is 243 g/mol. The summed E-state index contributed by atoms with van der Waals surface area (Å²) in [6, 6.07) is 13.0. The first-order valence-corrected chi connectivity index (χ1v) is 6.24. The third-order valence-corrected chi connectivity index (χ3v) is 3.29. The number of halogens is 1. The van der Waals surface area contributed by atoms with Crippen molar-refractivity contribution in [2.24, 2.45) is 5.73 Å². The molecule has 0 spiro atoms. The Kier molecular flexibility index (Phi) is 3.78. The van der Waals surface area contributed by atoms with Crippen LogP contribution in [-0.4, -0.2) is 0 Å². The van der Waals surface area contributed by atoms with Crippen molar-refractivity contribution in [2.75, 3.05) is 0 Å². The van der Waals surface area contributed by atoms with Crippen LogP contribution < -0.4 is 5.73 Å². The molecule has 0 saturated carbocycles. The minimum atomic E-state index is -0.204. The van der Waals surface area contributed by atoms with Crippen molar-refractivity contribution in [1.29, 1.82) is 0 Å². The number of hydrogen-bond acceptors (Lipinski definition) is 1. The van der Waals surface area contributed by atoms with Gasteiger partial charge in [0.15, 0.2) is 0 Å². The molecule has 2 rings (SSSR count). The Hall–Kier alpha value is -1.67. The van der Waals surface area contributed by atoms with E-state index in [1.807, 2.05) is 31.2 Å². The number of nitrogens with two attached hydrogens (primary N) is 1. The van der Waals surface area contributed by atoms with E-state index in [0.29, 0.717) is 0 Å². The highest BCUT2D eigenvalue weighted by molar-refractivity contribution is 5.67. The van der Waals surface area contributed by atoms with Crippen molar-refractivity contribution in [2.45, 2.75) is 26.3 Å². The Labute approximate surface area is 107 Å². The molecule has 0 radical (unpaired) electrons. The van der Waals surface area contributed by atoms with Gasteiger partial charge in [-0.25, -0.2) is 4.39 Å². The molecule has 0 bridgehead atoms. The molecule has 0 aliphatic rings. The van der Waals surface area contributed by atoms with Crippen LogP contribution in [0.2, 0.25) is 0 Å². The van der Waals surface area contributed by atoms with Gasteiger partial charge in [0, 0.05) is 6.04 Å². The topological polar surface area (TPSA) is 26.0 Å². The van der Waals surface area contributed by atoms with Gasteiger partial charge in [0.1, 0.15) is 5.82 Å². The summed E-state index contributed by atoms with van der Waals surface area (Å²) in [6.07, 6.45) is 0.915. The summed E-state index contributed by atoms with van der Waals surface area (Å²) in [6.45, 7) is 4.05. The summed E-state index contributed by atoms with van der Waals surface area (Å²) in [5.41, 5.74) is 10.1. The van der Waals surface area contributed by atoms with Gasteiger partial charge in [-0.1, -0.05) is 37.3 Å². The van der Waals surface area contributed by atoms with Crippen LogP contribution >= 0.6 is 0 Å². The Bertz CT molecular complexity index is 531. The molecular formula is C16H18FN. The fourth-order valence-electron chi connectivity index (χ4n) is 2.05. The van der Waals surface area contributed by atoms with E-state index in [9.17, 15) is 4.39 Å². The highest BCUT2D eigenvalue weighted by atomic mass is 19.1. The maximum Gasteiger partial charge on any atom is 0.123 e. The molecule has 18 heavy (non-hydrogen) atoms. The lowest BCUT2D eigenvalue weighted by molar-refractivity contribution is 0.628. The molecule has 94 valence electrons. The SMILES string of the molecule is CCC(N)c1ccc(-c2cc(F)ccc2C)cc1. The summed E-state index contributed by atoms with van der Waals surface area (Å²) in [5, 5.41) is 0. The van der Waals surface area contributed by atoms with Gasteiger partial charge in [-0.15, -0.1) is 0 Å². The molecule has 0 aromatic heterocycles. The van der Waals surface area contributed by atoms with E-state index in [1.165, 1.54) is 6.07 Å². The number of rotatable bonds is 3. The first-order valence-electron chi connectivity index (χ1n) is 6.24. The molecule has 2 aromatic rings. The van der Waals surface area contributed by atoms with Gasteiger partial charge in [-0.05, 0) is 47.7 Å². The van der Waals surface area contributed by atoms with E-state index >= 15 is 0 Å². The standard InChI is InChI=1S/C16H18FN/c1-3-16(18)13-7-5-12(6-8-13)15-10-14(17)9-4-11(15)2/h4-10,16H,3,18H2,1-2H3. The molecule has 0 heterocycles. The zero-order valence-corrected chi connectivity index (χ0v) is 10.8. The van der Waals surface area contributed by atoms with Crippen molar-refractivity contribution in [3.05, 3.63) is 59.4 Å². The van der Waals surface area contributed by atoms with Crippen molar-refractivity contribution in [1.82, 2.24) is 0 Å². The Morgan fingerprint density at radius 1 is 1.11 bits per heavy atom. The summed E-state index contributed by atoms with van der Waals surface area (Å²) < 4.78 is 13.3. The van der Waals surface area contributed by atoms with Gasteiger partial charge in [-0.2, -0.15) is 0 Å². The summed E-state index contributed by atoms with van der Waals surface area (Å²) in [5.74, 6) is -0.204. The minimum absolute atomic E-state index is 0.0765. The first-order chi connectivity index (χ1) is 8.61. The van der Waals surface area contributed by atoms with E-state index in [-0.39, 0.29) is 11.9 Å². The second-order valence-corrected chi connectivity index (χ2v) is 4.60. The van der Waals surface area contributed by atoms with Gasteiger partial charge in [0.25, 0.3) is 0 Å². The van der Waals surface area contributed by atoms with Gasteiger partial charge < -0.3 is 5.73 Å².